The number of unbranched alkanes of at least 4 members (excludes halogenated alkanes) is 61. The van der Waals surface area contributed by atoms with Crippen LogP contribution in [0.15, 0.2) is 24.3 Å². The van der Waals surface area contributed by atoms with E-state index in [0.29, 0.717) is 25.9 Å². The van der Waals surface area contributed by atoms with E-state index in [0.717, 1.165) is 51.4 Å². The topological polar surface area (TPSA) is 95.9 Å². The highest BCUT2D eigenvalue weighted by Gasteiger charge is 2.20. The molecule has 0 radical (unpaired) electrons. The number of amides is 1. The van der Waals surface area contributed by atoms with Crippen LogP contribution in [0.3, 0.4) is 0 Å². The zero-order valence-electron chi connectivity index (χ0n) is 59.3. The van der Waals surface area contributed by atoms with Crippen LogP contribution in [0.5, 0.6) is 0 Å². The second kappa shape index (κ2) is 76.8. The maximum atomic E-state index is 12.6. The minimum atomic E-state index is -0.663. The summed E-state index contributed by atoms with van der Waals surface area (Å²) >= 11 is 0. The lowest BCUT2D eigenvalue weighted by atomic mass is 10.0. The summed E-state index contributed by atoms with van der Waals surface area (Å²) in [5.74, 6) is -0.00984. The standard InChI is InChI=1S/C81H157NO5/c1-3-5-7-9-11-13-15-17-19-21-23-24-31-34-38-41-45-49-53-57-61-65-69-73-79(84)78(77-83)82-80(85)74-70-66-62-58-54-50-46-42-39-35-32-29-27-25-26-28-30-33-36-40-44-48-52-56-60-64-68-72-76-87-81(86)75-71-67-63-59-55-51-47-43-37-22-20-18-16-14-12-10-8-6-4-2/h12,14,18,20,78-79,83-84H,3-11,13,15-17,19,21-77H2,1-2H3,(H,82,85)/b14-12-,20-18-. The molecule has 0 aliphatic heterocycles. The lowest BCUT2D eigenvalue weighted by Gasteiger charge is -2.22. The second-order valence-corrected chi connectivity index (χ2v) is 27.8. The smallest absolute Gasteiger partial charge is 0.305 e. The first-order valence-corrected chi connectivity index (χ1v) is 40.1. The summed E-state index contributed by atoms with van der Waals surface area (Å²) in [5.41, 5.74) is 0. The van der Waals surface area contributed by atoms with Gasteiger partial charge in [0, 0.05) is 12.8 Å². The third-order valence-electron chi connectivity index (χ3n) is 19.0. The highest BCUT2D eigenvalue weighted by molar-refractivity contribution is 5.76. The number of rotatable bonds is 76. The van der Waals surface area contributed by atoms with Gasteiger partial charge in [-0.15, -0.1) is 0 Å². The van der Waals surface area contributed by atoms with Gasteiger partial charge < -0.3 is 20.3 Å². The summed E-state index contributed by atoms with van der Waals surface area (Å²) < 4.78 is 5.52. The lowest BCUT2D eigenvalue weighted by molar-refractivity contribution is -0.143. The molecule has 0 saturated heterocycles. The summed E-state index contributed by atoms with van der Waals surface area (Å²) in [5, 5.41) is 23.5. The van der Waals surface area contributed by atoms with E-state index >= 15 is 0 Å². The first kappa shape index (κ1) is 85.3. The van der Waals surface area contributed by atoms with Crippen molar-refractivity contribution in [3.63, 3.8) is 0 Å². The second-order valence-electron chi connectivity index (χ2n) is 27.8. The fraction of sp³-hybridized carbons (Fsp3) is 0.926. The van der Waals surface area contributed by atoms with E-state index in [1.165, 1.54) is 372 Å². The summed E-state index contributed by atoms with van der Waals surface area (Å²) in [7, 11) is 0. The SMILES string of the molecule is CCCCC/C=C\C/C=C\CCCCCCCCCCCC(=O)OCCCCCCCCCCCCCCCCCCCCCCCCCCCCCCC(=O)NC(CO)C(O)CCCCCCCCCCCCCCCCCCCCCCCCC. The molecule has 6 heteroatoms. The molecule has 0 aromatic carbocycles. The fourth-order valence-electron chi connectivity index (χ4n) is 12.9. The predicted molar refractivity (Wildman–Crippen MR) is 384 cm³/mol. The number of aliphatic hydroxyl groups excluding tert-OH is 2. The Labute approximate surface area is 545 Å². The molecule has 0 aliphatic rings. The first-order chi connectivity index (χ1) is 43.0. The molecular formula is C81H157NO5. The quantitative estimate of drug-likeness (QED) is 0.0320. The maximum Gasteiger partial charge on any atom is 0.305 e. The van der Waals surface area contributed by atoms with Gasteiger partial charge in [0.15, 0.2) is 0 Å². The van der Waals surface area contributed by atoms with Gasteiger partial charge in [-0.25, -0.2) is 0 Å². The molecule has 6 nitrogen and oxygen atoms in total. The molecule has 0 rings (SSSR count). The molecule has 0 bridgehead atoms. The lowest BCUT2D eigenvalue weighted by Crippen LogP contribution is -2.45. The van der Waals surface area contributed by atoms with Crippen LogP contribution in [-0.2, 0) is 14.3 Å². The van der Waals surface area contributed by atoms with E-state index < -0.39 is 12.1 Å². The number of hydrogen-bond donors (Lipinski definition) is 3. The van der Waals surface area contributed by atoms with Crippen LogP contribution in [0, 0.1) is 0 Å². The van der Waals surface area contributed by atoms with Crippen LogP contribution in [0.4, 0.5) is 0 Å². The van der Waals surface area contributed by atoms with Gasteiger partial charge in [-0.2, -0.15) is 0 Å². The van der Waals surface area contributed by atoms with Gasteiger partial charge in [-0.3, -0.25) is 9.59 Å². The Hall–Kier alpha value is -1.66. The average Bonchev–Trinajstić information content (AvgIpc) is 3.52. The molecular weight excluding hydrogens is 1070 g/mol. The Balaban J connectivity index is 3.34. The average molecular weight is 1230 g/mol. The number of hydrogen-bond acceptors (Lipinski definition) is 5. The summed E-state index contributed by atoms with van der Waals surface area (Å²) in [6.45, 7) is 4.98. The molecule has 0 aromatic heterocycles. The Bertz CT molecular complexity index is 1360. The number of esters is 1. The molecule has 0 saturated carbocycles. The van der Waals surface area contributed by atoms with E-state index in [1.54, 1.807) is 0 Å². The highest BCUT2D eigenvalue weighted by Crippen LogP contribution is 2.20. The normalized spacial score (nSPS) is 12.6. The third-order valence-corrected chi connectivity index (χ3v) is 19.0. The van der Waals surface area contributed by atoms with Crippen molar-refractivity contribution in [1.29, 1.82) is 0 Å². The molecule has 2 atom stereocenters. The molecule has 516 valence electrons. The Morgan fingerprint density at radius 2 is 0.575 bits per heavy atom. The van der Waals surface area contributed by atoms with E-state index in [1.807, 2.05) is 0 Å². The zero-order chi connectivity index (χ0) is 62.8. The number of carbonyl (C=O) groups is 2. The van der Waals surface area contributed by atoms with Gasteiger partial charge in [0.1, 0.15) is 0 Å². The van der Waals surface area contributed by atoms with Gasteiger partial charge in [0.2, 0.25) is 5.91 Å². The third kappa shape index (κ3) is 73.3. The number of carbonyl (C=O) groups excluding carboxylic acids is 2. The van der Waals surface area contributed by atoms with Crippen molar-refractivity contribution in [1.82, 2.24) is 5.32 Å². The van der Waals surface area contributed by atoms with Crippen LogP contribution < -0.4 is 5.32 Å². The number of ether oxygens (including phenoxy) is 1. The van der Waals surface area contributed by atoms with E-state index in [-0.39, 0.29) is 18.5 Å². The van der Waals surface area contributed by atoms with Gasteiger partial charge in [-0.05, 0) is 57.8 Å². The molecule has 0 spiro atoms. The number of allylic oxidation sites excluding steroid dienone is 4. The summed E-state index contributed by atoms with van der Waals surface area (Å²) in [4.78, 5) is 24.7. The Morgan fingerprint density at radius 1 is 0.322 bits per heavy atom. The maximum absolute atomic E-state index is 12.6. The molecule has 0 fully saturated rings. The highest BCUT2D eigenvalue weighted by atomic mass is 16.5. The van der Waals surface area contributed by atoms with Crippen LogP contribution in [0.2, 0.25) is 0 Å². The van der Waals surface area contributed by atoms with Crippen LogP contribution >= 0.6 is 0 Å². The van der Waals surface area contributed by atoms with Crippen molar-refractivity contribution in [2.24, 2.45) is 0 Å². The largest absolute Gasteiger partial charge is 0.466 e. The molecule has 0 heterocycles. The van der Waals surface area contributed by atoms with Gasteiger partial charge in [0.05, 0.1) is 25.4 Å². The molecule has 3 N–H and O–H groups in total. The van der Waals surface area contributed by atoms with Crippen LogP contribution in [0.25, 0.3) is 0 Å². The van der Waals surface area contributed by atoms with Gasteiger partial charge in [0.25, 0.3) is 0 Å². The van der Waals surface area contributed by atoms with Crippen molar-refractivity contribution < 1.29 is 24.5 Å². The molecule has 2 unspecified atom stereocenters. The molecule has 0 aliphatic carbocycles. The van der Waals surface area contributed by atoms with Crippen molar-refractivity contribution in [2.75, 3.05) is 13.2 Å². The van der Waals surface area contributed by atoms with Crippen molar-refractivity contribution in [3.8, 4) is 0 Å². The van der Waals surface area contributed by atoms with Crippen molar-refractivity contribution >= 4 is 11.9 Å². The minimum absolute atomic E-state index is 0.0163. The van der Waals surface area contributed by atoms with Crippen LogP contribution in [0.1, 0.15) is 457 Å². The van der Waals surface area contributed by atoms with Gasteiger partial charge >= 0.3 is 5.97 Å². The monoisotopic (exact) mass is 1220 g/mol. The van der Waals surface area contributed by atoms with E-state index in [4.69, 9.17) is 4.74 Å². The minimum Gasteiger partial charge on any atom is -0.466 e. The molecule has 1 amide bonds. The Morgan fingerprint density at radius 3 is 0.897 bits per heavy atom. The van der Waals surface area contributed by atoms with Gasteiger partial charge in [-0.1, -0.05) is 411 Å². The van der Waals surface area contributed by atoms with Crippen LogP contribution in [-0.4, -0.2) is 47.4 Å². The van der Waals surface area contributed by atoms with Crippen molar-refractivity contribution in [3.05, 3.63) is 24.3 Å². The fourth-order valence-corrected chi connectivity index (χ4v) is 12.9. The number of nitrogens with one attached hydrogen (secondary N) is 1. The molecule has 0 aromatic rings. The summed E-state index contributed by atoms with van der Waals surface area (Å²) in [6, 6.07) is -0.540. The molecule has 87 heavy (non-hydrogen) atoms. The predicted octanol–water partition coefficient (Wildman–Crippen LogP) is 26.4. The Kier molecular flexibility index (Phi) is 75.3. The zero-order valence-corrected chi connectivity index (χ0v) is 59.3. The van der Waals surface area contributed by atoms with E-state index in [2.05, 4.69) is 43.5 Å². The summed E-state index contributed by atoms with van der Waals surface area (Å²) in [6.07, 6.45) is 98.4. The first-order valence-electron chi connectivity index (χ1n) is 40.1. The van der Waals surface area contributed by atoms with Crippen molar-refractivity contribution in [2.45, 2.75) is 469 Å². The van der Waals surface area contributed by atoms with E-state index in [9.17, 15) is 19.8 Å². The number of aliphatic hydroxyl groups is 2.